The zero-order chi connectivity index (χ0) is 19.3. The molecule has 0 saturated carbocycles. The van der Waals surface area contributed by atoms with Crippen LogP contribution >= 0.6 is 23.2 Å². The molecule has 4 nitrogen and oxygen atoms in total. The summed E-state index contributed by atoms with van der Waals surface area (Å²) in [5, 5.41) is 6.59. The average molecular weight is 393 g/mol. The molecule has 0 spiro atoms. The number of carbonyl (C=O) groups excluding carboxylic acids is 2. The van der Waals surface area contributed by atoms with Gasteiger partial charge in [0, 0.05) is 22.2 Å². The van der Waals surface area contributed by atoms with E-state index in [1.54, 1.807) is 18.2 Å². The van der Waals surface area contributed by atoms with Crippen LogP contribution in [0.15, 0.2) is 30.3 Å². The number of hydrogen-bond acceptors (Lipinski definition) is 2. The van der Waals surface area contributed by atoms with Crippen LogP contribution in [0.25, 0.3) is 0 Å². The van der Waals surface area contributed by atoms with Crippen molar-refractivity contribution in [1.82, 2.24) is 5.32 Å². The Balaban J connectivity index is 1.83. The summed E-state index contributed by atoms with van der Waals surface area (Å²) in [6.07, 6.45) is 0.733. The maximum atomic E-state index is 12.1. The van der Waals surface area contributed by atoms with E-state index in [0.717, 1.165) is 27.9 Å². The first-order chi connectivity index (χ1) is 12.3. The van der Waals surface area contributed by atoms with Crippen molar-refractivity contribution in [2.75, 3.05) is 11.9 Å². The summed E-state index contributed by atoms with van der Waals surface area (Å²) in [5.74, 6) is -0.457. The Hall–Kier alpha value is -2.04. The van der Waals surface area contributed by atoms with Crippen molar-refractivity contribution in [1.29, 1.82) is 0 Å². The third-order valence-electron chi connectivity index (χ3n) is 4.02. The number of carbonyl (C=O) groups is 2. The molecule has 0 aliphatic rings. The Kier molecular flexibility index (Phi) is 7.06. The first-order valence-electron chi connectivity index (χ1n) is 8.34. The zero-order valence-corrected chi connectivity index (χ0v) is 16.6. The number of nitrogens with one attached hydrogen (secondary N) is 2. The van der Waals surface area contributed by atoms with Gasteiger partial charge in [-0.1, -0.05) is 47.0 Å². The third-order valence-corrected chi connectivity index (χ3v) is 4.61. The van der Waals surface area contributed by atoms with Gasteiger partial charge in [-0.15, -0.1) is 0 Å². The van der Waals surface area contributed by atoms with E-state index in [4.69, 9.17) is 23.2 Å². The summed E-state index contributed by atoms with van der Waals surface area (Å²) in [4.78, 5) is 24.1. The van der Waals surface area contributed by atoms with Gasteiger partial charge in [0.05, 0.1) is 6.54 Å². The molecule has 0 fully saturated rings. The van der Waals surface area contributed by atoms with Crippen LogP contribution in [0.2, 0.25) is 10.0 Å². The molecule has 2 amide bonds. The van der Waals surface area contributed by atoms with Gasteiger partial charge in [0.25, 0.3) is 0 Å². The van der Waals surface area contributed by atoms with E-state index in [-0.39, 0.29) is 24.8 Å². The fourth-order valence-electron chi connectivity index (χ4n) is 2.80. The molecule has 2 aromatic rings. The van der Waals surface area contributed by atoms with Crippen LogP contribution < -0.4 is 10.6 Å². The SMILES string of the molecule is Cc1cc(C)c(NC(=O)CNC(=O)CCc2ccc(Cl)cc2Cl)c(C)c1. The van der Waals surface area contributed by atoms with Crippen molar-refractivity contribution in [3.05, 3.63) is 62.6 Å². The summed E-state index contributed by atoms with van der Waals surface area (Å²) in [6.45, 7) is 5.84. The van der Waals surface area contributed by atoms with Crippen molar-refractivity contribution < 1.29 is 9.59 Å². The van der Waals surface area contributed by atoms with Gasteiger partial charge in [0.2, 0.25) is 11.8 Å². The number of benzene rings is 2. The molecule has 2 aromatic carbocycles. The number of amides is 2. The maximum absolute atomic E-state index is 12.1. The van der Waals surface area contributed by atoms with Crippen molar-refractivity contribution in [3.63, 3.8) is 0 Å². The van der Waals surface area contributed by atoms with Crippen molar-refractivity contribution in [2.45, 2.75) is 33.6 Å². The van der Waals surface area contributed by atoms with Gasteiger partial charge in [0.15, 0.2) is 0 Å². The van der Waals surface area contributed by atoms with E-state index < -0.39 is 0 Å². The minimum atomic E-state index is -0.252. The Labute approximate surface area is 163 Å². The van der Waals surface area contributed by atoms with Crippen LogP contribution in [0.1, 0.15) is 28.7 Å². The molecule has 0 saturated heterocycles. The van der Waals surface area contributed by atoms with Crippen LogP contribution in [-0.2, 0) is 16.0 Å². The van der Waals surface area contributed by atoms with E-state index in [1.807, 2.05) is 32.9 Å². The molecule has 2 N–H and O–H groups in total. The summed E-state index contributed by atoms with van der Waals surface area (Å²) in [5.41, 5.74) is 4.79. The Morgan fingerprint density at radius 3 is 2.23 bits per heavy atom. The number of anilines is 1. The van der Waals surface area contributed by atoms with Crippen molar-refractivity contribution in [2.24, 2.45) is 0 Å². The van der Waals surface area contributed by atoms with E-state index >= 15 is 0 Å². The Bertz CT molecular complexity index is 812. The van der Waals surface area contributed by atoms with Crippen LogP contribution in [0.4, 0.5) is 5.69 Å². The molecule has 0 atom stereocenters. The molecule has 0 heterocycles. The molecule has 138 valence electrons. The molecular weight excluding hydrogens is 371 g/mol. The molecule has 6 heteroatoms. The highest BCUT2D eigenvalue weighted by Crippen LogP contribution is 2.22. The standard InChI is InChI=1S/C20H22Cl2N2O2/c1-12-8-13(2)20(14(3)9-12)24-19(26)11-23-18(25)7-5-15-4-6-16(21)10-17(15)22/h4,6,8-10H,5,7,11H2,1-3H3,(H,23,25)(H,24,26). The number of rotatable bonds is 6. The Morgan fingerprint density at radius 2 is 1.62 bits per heavy atom. The second kappa shape index (κ2) is 9.06. The first kappa shape index (κ1) is 20.3. The number of halogens is 2. The lowest BCUT2D eigenvalue weighted by Gasteiger charge is -2.13. The zero-order valence-electron chi connectivity index (χ0n) is 15.1. The largest absolute Gasteiger partial charge is 0.347 e. The van der Waals surface area contributed by atoms with Crippen LogP contribution in [0.3, 0.4) is 0 Å². The Morgan fingerprint density at radius 1 is 0.962 bits per heavy atom. The molecule has 26 heavy (non-hydrogen) atoms. The van der Waals surface area contributed by atoms with E-state index in [2.05, 4.69) is 10.6 Å². The summed E-state index contributed by atoms with van der Waals surface area (Å²) < 4.78 is 0. The first-order valence-corrected chi connectivity index (χ1v) is 9.10. The number of aryl methyl sites for hydroxylation is 4. The average Bonchev–Trinajstić information content (AvgIpc) is 2.55. The quantitative estimate of drug-likeness (QED) is 0.753. The fourth-order valence-corrected chi connectivity index (χ4v) is 3.30. The summed E-state index contributed by atoms with van der Waals surface area (Å²) in [7, 11) is 0. The molecule has 0 aliphatic heterocycles. The van der Waals surface area contributed by atoms with Crippen molar-refractivity contribution in [3.8, 4) is 0 Å². The smallest absolute Gasteiger partial charge is 0.243 e. The monoisotopic (exact) mass is 392 g/mol. The van der Waals surface area contributed by atoms with Gasteiger partial charge in [0.1, 0.15) is 0 Å². The predicted octanol–water partition coefficient (Wildman–Crippen LogP) is 4.61. The minimum absolute atomic E-state index is 0.0695. The maximum Gasteiger partial charge on any atom is 0.243 e. The summed E-state index contributed by atoms with van der Waals surface area (Å²) >= 11 is 11.9. The predicted molar refractivity (Wildman–Crippen MR) is 107 cm³/mol. The highest BCUT2D eigenvalue weighted by Gasteiger charge is 2.10. The molecular formula is C20H22Cl2N2O2. The normalized spacial score (nSPS) is 10.5. The molecule has 0 bridgehead atoms. The molecule has 2 rings (SSSR count). The second-order valence-corrected chi connectivity index (χ2v) is 7.18. The summed E-state index contributed by atoms with van der Waals surface area (Å²) in [6, 6.07) is 9.21. The molecule has 0 unspecified atom stereocenters. The number of hydrogen-bond donors (Lipinski definition) is 2. The highest BCUT2D eigenvalue weighted by molar-refractivity contribution is 6.35. The minimum Gasteiger partial charge on any atom is -0.347 e. The van der Waals surface area contributed by atoms with Crippen molar-refractivity contribution >= 4 is 40.7 Å². The van der Waals surface area contributed by atoms with Gasteiger partial charge in [-0.3, -0.25) is 9.59 Å². The lowest BCUT2D eigenvalue weighted by molar-refractivity contribution is -0.124. The van der Waals surface area contributed by atoms with E-state index in [9.17, 15) is 9.59 Å². The lowest BCUT2D eigenvalue weighted by atomic mass is 10.1. The molecule has 0 radical (unpaired) electrons. The topological polar surface area (TPSA) is 58.2 Å². The second-order valence-electron chi connectivity index (χ2n) is 6.33. The fraction of sp³-hybridized carbons (Fsp3) is 0.300. The van der Waals surface area contributed by atoms with Crippen LogP contribution in [0.5, 0.6) is 0 Å². The van der Waals surface area contributed by atoms with Gasteiger partial charge in [-0.25, -0.2) is 0 Å². The van der Waals surface area contributed by atoms with Crippen LogP contribution in [0, 0.1) is 20.8 Å². The van der Waals surface area contributed by atoms with E-state index in [1.165, 1.54) is 0 Å². The van der Waals surface area contributed by atoms with Crippen LogP contribution in [-0.4, -0.2) is 18.4 Å². The van der Waals surface area contributed by atoms with Gasteiger partial charge >= 0.3 is 0 Å². The van der Waals surface area contributed by atoms with Gasteiger partial charge in [-0.2, -0.15) is 0 Å². The lowest BCUT2D eigenvalue weighted by Crippen LogP contribution is -2.33. The molecule has 0 aliphatic carbocycles. The molecule has 0 aromatic heterocycles. The van der Waals surface area contributed by atoms with E-state index in [0.29, 0.717) is 16.5 Å². The van der Waals surface area contributed by atoms with Gasteiger partial charge in [-0.05, 0) is 56.0 Å². The third kappa shape index (κ3) is 5.75. The highest BCUT2D eigenvalue weighted by atomic mass is 35.5. The van der Waals surface area contributed by atoms with Gasteiger partial charge < -0.3 is 10.6 Å².